The molecule has 0 saturated carbocycles. The minimum Gasteiger partial charge on any atom is -0.456 e. The lowest BCUT2D eigenvalue weighted by Gasteiger charge is -2.13. The second kappa shape index (κ2) is 24.4. The number of hydrogen-bond donors (Lipinski definition) is 0. The second-order valence-corrected chi connectivity index (χ2v) is 30.7. The van der Waals surface area contributed by atoms with Gasteiger partial charge in [-0.25, -0.2) is 0 Å². The first-order valence-corrected chi connectivity index (χ1v) is 38.8. The van der Waals surface area contributed by atoms with Gasteiger partial charge < -0.3 is 22.7 Å². The molecule has 7 heteroatoms. The van der Waals surface area contributed by atoms with Crippen molar-refractivity contribution in [1.29, 1.82) is 0 Å². The standard InChI is InChI=1S/C54H32N2OS.C48H30N2S/c1-2-13-35(14-3-1)55-46-20-8-4-15-38(46)39-27-25-34(30-49(39)55)37-19-12-22-48-53(37)42-18-5-9-21-47(42)56(48)36-31-43(54-45(32-36)41-17-7-11-24-52(41)58-54)33-26-28-51-44(29-33)40-16-6-10-23-50(40)57-51;1-3-14-31(15-4-1)39-29-34(30-41-37-19-9-12-25-46(37)51-48(39)41)50-43-23-11-8-20-38(43)47-35(21-13-24-45(47)50)32-26-27-44-40(28-32)36-18-7-10-22-42(36)49(44)33-16-5-2-6-17-33/h1-32H;1-30H. The summed E-state index contributed by atoms with van der Waals surface area (Å²) in [6.07, 6.45) is 0. The van der Waals surface area contributed by atoms with E-state index < -0.39 is 0 Å². The van der Waals surface area contributed by atoms with Crippen LogP contribution in [-0.2, 0) is 0 Å². The third-order valence-corrected chi connectivity index (χ3v) is 25.0. The van der Waals surface area contributed by atoms with Gasteiger partial charge in [-0.2, -0.15) is 0 Å². The molecule has 0 atom stereocenters. The smallest absolute Gasteiger partial charge is 0.135 e. The van der Waals surface area contributed by atoms with Crippen molar-refractivity contribution in [1.82, 2.24) is 18.3 Å². The molecular weight excluding hydrogens is 1360 g/mol. The van der Waals surface area contributed by atoms with Gasteiger partial charge in [0.1, 0.15) is 11.2 Å². The summed E-state index contributed by atoms with van der Waals surface area (Å²) in [5.41, 5.74) is 25.9. The Morgan fingerprint density at radius 1 is 0.183 bits per heavy atom. The van der Waals surface area contributed by atoms with Crippen molar-refractivity contribution >= 4 is 172 Å². The van der Waals surface area contributed by atoms with Crippen molar-refractivity contribution in [2.75, 3.05) is 0 Å². The fourth-order valence-corrected chi connectivity index (χ4v) is 20.3. The van der Waals surface area contributed by atoms with Crippen molar-refractivity contribution in [3.63, 3.8) is 0 Å². The van der Waals surface area contributed by atoms with E-state index in [1.165, 1.54) is 183 Å². The number of thiophene rings is 2. The molecule has 24 rings (SSSR count). The third kappa shape index (κ3) is 9.50. The summed E-state index contributed by atoms with van der Waals surface area (Å²) in [5.74, 6) is 0. The number of aromatic nitrogens is 4. The van der Waals surface area contributed by atoms with Gasteiger partial charge in [-0.05, 0) is 167 Å². The Kier molecular flexibility index (Phi) is 13.7. The van der Waals surface area contributed by atoms with E-state index in [0.29, 0.717) is 0 Å². The molecule has 109 heavy (non-hydrogen) atoms. The van der Waals surface area contributed by atoms with Gasteiger partial charge in [0.2, 0.25) is 0 Å². The lowest BCUT2D eigenvalue weighted by Crippen LogP contribution is -1.95. The summed E-state index contributed by atoms with van der Waals surface area (Å²) in [6.45, 7) is 0. The van der Waals surface area contributed by atoms with Gasteiger partial charge in [0.25, 0.3) is 0 Å². The lowest BCUT2D eigenvalue weighted by atomic mass is 9.98. The molecule has 0 saturated heterocycles. The van der Waals surface area contributed by atoms with Crippen LogP contribution in [-0.4, -0.2) is 18.3 Å². The molecule has 0 fully saturated rings. The monoisotopic (exact) mass is 1420 g/mol. The zero-order chi connectivity index (χ0) is 71.4. The van der Waals surface area contributed by atoms with Crippen molar-refractivity contribution in [3.8, 4) is 67.3 Å². The van der Waals surface area contributed by atoms with Crippen molar-refractivity contribution in [2.45, 2.75) is 0 Å². The molecule has 0 amide bonds. The maximum Gasteiger partial charge on any atom is 0.135 e. The van der Waals surface area contributed by atoms with E-state index in [2.05, 4.69) is 388 Å². The number of hydrogen-bond acceptors (Lipinski definition) is 3. The SMILES string of the molecule is c1ccc(-c2cc(-n3c4ccccc4c4c(-c5ccc6c(c5)c5ccccc5n6-c5ccccc5)cccc43)cc3c2sc2ccccc23)cc1.c1ccc(-n2c3ccccc3c3ccc(-c4cccc5c4c4ccccc4n5-c4cc(-c5ccc6oc7ccccc7c6c5)c5sc6ccccc6c5c4)cc32)cc1. The number of fused-ring (bicyclic) bond motifs is 21. The fraction of sp³-hybridized carbons (Fsp3) is 0. The van der Waals surface area contributed by atoms with Gasteiger partial charge in [-0.3, -0.25) is 0 Å². The van der Waals surface area contributed by atoms with E-state index in [9.17, 15) is 0 Å². The first-order chi connectivity index (χ1) is 54.1. The molecule has 24 aromatic rings. The Hall–Kier alpha value is -13.8. The van der Waals surface area contributed by atoms with Crippen LogP contribution in [0.4, 0.5) is 0 Å². The van der Waals surface area contributed by atoms with E-state index in [-0.39, 0.29) is 0 Å². The van der Waals surface area contributed by atoms with E-state index in [4.69, 9.17) is 4.42 Å². The number of benzene rings is 17. The van der Waals surface area contributed by atoms with Gasteiger partial charge in [0.15, 0.2) is 0 Å². The average Bonchev–Trinajstić information content (AvgIpc) is 1.57. The number of nitrogens with zero attached hydrogens (tertiary/aromatic N) is 4. The van der Waals surface area contributed by atoms with Crippen LogP contribution < -0.4 is 0 Å². The number of para-hydroxylation sites is 7. The molecule has 0 radical (unpaired) electrons. The fourth-order valence-electron chi connectivity index (χ4n) is 17.9. The second-order valence-electron chi connectivity index (χ2n) is 28.6. The Morgan fingerprint density at radius 3 is 1.14 bits per heavy atom. The van der Waals surface area contributed by atoms with Gasteiger partial charge in [-0.15, -0.1) is 22.7 Å². The summed E-state index contributed by atoms with van der Waals surface area (Å²) >= 11 is 3.76. The summed E-state index contributed by atoms with van der Waals surface area (Å²) in [4.78, 5) is 0. The molecule has 0 spiro atoms. The van der Waals surface area contributed by atoms with E-state index in [0.717, 1.165) is 33.3 Å². The Labute approximate surface area is 633 Å². The Balaban J connectivity index is 0.000000132. The molecular formula is C102H62N4OS2. The van der Waals surface area contributed by atoms with E-state index >= 15 is 0 Å². The molecule has 0 aliphatic rings. The van der Waals surface area contributed by atoms with Crippen LogP contribution in [0.25, 0.3) is 217 Å². The molecule has 0 bridgehead atoms. The number of rotatable bonds is 8. The van der Waals surface area contributed by atoms with Crippen LogP contribution in [0.15, 0.2) is 381 Å². The molecule has 17 aromatic carbocycles. The van der Waals surface area contributed by atoms with Crippen LogP contribution in [0.2, 0.25) is 0 Å². The Bertz CT molecular complexity index is 7860. The van der Waals surface area contributed by atoms with E-state index in [1.807, 2.05) is 28.7 Å². The van der Waals surface area contributed by atoms with Crippen LogP contribution >= 0.6 is 22.7 Å². The summed E-state index contributed by atoms with van der Waals surface area (Å²) < 4.78 is 21.2. The van der Waals surface area contributed by atoms with Crippen molar-refractivity contribution in [2.24, 2.45) is 0 Å². The van der Waals surface area contributed by atoms with Gasteiger partial charge in [0.05, 0.1) is 44.1 Å². The van der Waals surface area contributed by atoms with Gasteiger partial charge in [-0.1, -0.05) is 243 Å². The first kappa shape index (κ1) is 61.5. The first-order valence-electron chi connectivity index (χ1n) is 37.2. The molecule has 7 heterocycles. The highest BCUT2D eigenvalue weighted by Crippen LogP contribution is 2.49. The predicted molar refractivity (Wildman–Crippen MR) is 465 cm³/mol. The van der Waals surface area contributed by atoms with Crippen LogP contribution in [0.5, 0.6) is 0 Å². The predicted octanol–water partition coefficient (Wildman–Crippen LogP) is 29.1. The normalized spacial score (nSPS) is 12.0. The largest absolute Gasteiger partial charge is 0.456 e. The average molecular weight is 1420 g/mol. The summed E-state index contributed by atoms with van der Waals surface area (Å²) in [7, 11) is 0. The zero-order valence-electron chi connectivity index (χ0n) is 58.8. The van der Waals surface area contributed by atoms with Gasteiger partial charge in [0, 0.05) is 128 Å². The highest BCUT2D eigenvalue weighted by Gasteiger charge is 2.25. The minimum atomic E-state index is 0.908. The molecule has 0 N–H and O–H groups in total. The number of furan rings is 1. The molecule has 5 nitrogen and oxygen atoms in total. The zero-order valence-corrected chi connectivity index (χ0v) is 60.4. The quantitative estimate of drug-likeness (QED) is 0.149. The molecule has 0 aliphatic carbocycles. The maximum atomic E-state index is 6.27. The minimum absolute atomic E-state index is 0.908. The van der Waals surface area contributed by atoms with Crippen LogP contribution in [0.3, 0.4) is 0 Å². The highest BCUT2D eigenvalue weighted by atomic mass is 32.1. The third-order valence-electron chi connectivity index (χ3n) is 22.6. The van der Waals surface area contributed by atoms with Crippen LogP contribution in [0, 0.1) is 0 Å². The molecule has 0 unspecified atom stereocenters. The van der Waals surface area contributed by atoms with E-state index in [1.54, 1.807) is 0 Å². The van der Waals surface area contributed by atoms with Gasteiger partial charge >= 0.3 is 0 Å². The van der Waals surface area contributed by atoms with Crippen molar-refractivity contribution < 1.29 is 4.42 Å². The molecule has 0 aliphatic heterocycles. The van der Waals surface area contributed by atoms with Crippen molar-refractivity contribution in [3.05, 3.63) is 376 Å². The maximum absolute atomic E-state index is 6.27. The lowest BCUT2D eigenvalue weighted by molar-refractivity contribution is 0.669. The molecule has 508 valence electrons. The highest BCUT2D eigenvalue weighted by molar-refractivity contribution is 7.26. The summed E-state index contributed by atoms with van der Waals surface area (Å²) in [5, 5.41) is 17.5. The molecule has 7 aromatic heterocycles. The summed E-state index contributed by atoms with van der Waals surface area (Å²) in [6, 6.07) is 137. The van der Waals surface area contributed by atoms with Crippen LogP contribution in [0.1, 0.15) is 0 Å². The Morgan fingerprint density at radius 2 is 0.560 bits per heavy atom. The topological polar surface area (TPSA) is 32.9 Å².